The van der Waals surface area contributed by atoms with Crippen LogP contribution in [0.2, 0.25) is 0 Å². The van der Waals surface area contributed by atoms with Gasteiger partial charge in [0.05, 0.1) is 5.41 Å². The molecule has 0 spiro atoms. The van der Waals surface area contributed by atoms with E-state index in [1.165, 1.54) is 0 Å². The van der Waals surface area contributed by atoms with E-state index in [-0.39, 0.29) is 12.5 Å². The van der Waals surface area contributed by atoms with Crippen LogP contribution >= 0.6 is 0 Å². The molecule has 0 saturated carbocycles. The summed E-state index contributed by atoms with van der Waals surface area (Å²) < 4.78 is 4.95. The van der Waals surface area contributed by atoms with Crippen LogP contribution < -0.4 is 0 Å². The molecule has 120 valence electrons. The molecule has 0 aliphatic carbocycles. The molecular weight excluding hydrogens is 298 g/mol. The van der Waals surface area contributed by atoms with Crippen LogP contribution in [0.3, 0.4) is 0 Å². The van der Waals surface area contributed by atoms with E-state index < -0.39 is 11.4 Å². The number of carboxylic acid groups (broad SMARTS) is 1. The third-order valence-corrected chi connectivity index (χ3v) is 4.17. The van der Waals surface area contributed by atoms with Gasteiger partial charge in [0.1, 0.15) is 0 Å². The molecule has 1 saturated heterocycles. The van der Waals surface area contributed by atoms with E-state index in [9.17, 15) is 14.7 Å². The van der Waals surface area contributed by atoms with Crippen molar-refractivity contribution in [3.05, 3.63) is 35.7 Å². The minimum absolute atomic E-state index is 0.183. The summed E-state index contributed by atoms with van der Waals surface area (Å²) in [5.41, 5.74) is 0.297. The largest absolute Gasteiger partial charge is 0.481 e. The highest BCUT2D eigenvalue weighted by Gasteiger charge is 2.42. The monoisotopic (exact) mass is 315 g/mol. The minimum Gasteiger partial charge on any atom is -0.481 e. The van der Waals surface area contributed by atoms with Gasteiger partial charge < -0.3 is 14.5 Å². The van der Waals surface area contributed by atoms with Crippen molar-refractivity contribution in [3.63, 3.8) is 0 Å². The van der Waals surface area contributed by atoms with Crippen molar-refractivity contribution in [3.8, 4) is 11.4 Å². The van der Waals surface area contributed by atoms with Gasteiger partial charge in [-0.1, -0.05) is 17.3 Å². The summed E-state index contributed by atoms with van der Waals surface area (Å²) in [6.07, 6.45) is 0.456. The number of carboxylic acids is 1. The number of rotatable bonds is 3. The Morgan fingerprint density at radius 3 is 2.78 bits per heavy atom. The standard InChI is InChI=1S/C16H17N3O4/c1-10-17-13(18-23-10)11-4-3-5-12(8-11)14(20)19-7-6-16(2,9-19)15(21)22/h3-5,8H,6-7,9H2,1-2H3,(H,21,22)/t16-/m1/s1. The van der Waals surface area contributed by atoms with E-state index in [1.54, 1.807) is 43.0 Å². The molecule has 1 fully saturated rings. The molecule has 3 rings (SSSR count). The molecule has 1 atom stereocenters. The summed E-state index contributed by atoms with van der Waals surface area (Å²) in [5, 5.41) is 13.1. The highest BCUT2D eigenvalue weighted by Crippen LogP contribution is 2.31. The summed E-state index contributed by atoms with van der Waals surface area (Å²) in [6.45, 7) is 4.02. The smallest absolute Gasteiger partial charge is 0.311 e. The highest BCUT2D eigenvalue weighted by atomic mass is 16.5. The van der Waals surface area contributed by atoms with Crippen LogP contribution in [-0.4, -0.2) is 45.1 Å². The first-order valence-corrected chi connectivity index (χ1v) is 7.32. The van der Waals surface area contributed by atoms with Crippen LogP contribution in [0, 0.1) is 12.3 Å². The number of benzene rings is 1. The summed E-state index contributed by atoms with van der Waals surface area (Å²) in [5.74, 6) is -0.177. The Bertz CT molecular complexity index is 770. The Hall–Kier alpha value is -2.70. The van der Waals surface area contributed by atoms with Crippen molar-refractivity contribution in [2.75, 3.05) is 13.1 Å². The lowest BCUT2D eigenvalue weighted by molar-refractivity contribution is -0.147. The third-order valence-electron chi connectivity index (χ3n) is 4.17. The number of nitrogens with zero attached hydrogens (tertiary/aromatic N) is 3. The zero-order valence-electron chi connectivity index (χ0n) is 12.9. The average molecular weight is 315 g/mol. The molecule has 1 aliphatic rings. The predicted molar refractivity (Wildman–Crippen MR) is 80.7 cm³/mol. The van der Waals surface area contributed by atoms with Crippen molar-refractivity contribution in [2.45, 2.75) is 20.3 Å². The van der Waals surface area contributed by atoms with Gasteiger partial charge in [0.15, 0.2) is 0 Å². The van der Waals surface area contributed by atoms with Crippen LogP contribution in [0.25, 0.3) is 11.4 Å². The lowest BCUT2D eigenvalue weighted by atomic mass is 9.90. The van der Waals surface area contributed by atoms with Crippen LogP contribution in [0.4, 0.5) is 0 Å². The van der Waals surface area contributed by atoms with Crippen molar-refractivity contribution >= 4 is 11.9 Å². The fourth-order valence-corrected chi connectivity index (χ4v) is 2.70. The number of aromatic nitrogens is 2. The van der Waals surface area contributed by atoms with Crippen molar-refractivity contribution < 1.29 is 19.2 Å². The Balaban J connectivity index is 1.82. The second-order valence-corrected chi connectivity index (χ2v) is 6.06. The molecule has 0 bridgehead atoms. The summed E-state index contributed by atoms with van der Waals surface area (Å²) in [4.78, 5) is 29.6. The van der Waals surface area contributed by atoms with Crippen molar-refractivity contribution in [2.24, 2.45) is 5.41 Å². The quantitative estimate of drug-likeness (QED) is 0.930. The number of carbonyl (C=O) groups is 2. The van der Waals surface area contributed by atoms with E-state index in [1.807, 2.05) is 0 Å². The lowest BCUT2D eigenvalue weighted by Crippen LogP contribution is -2.34. The van der Waals surface area contributed by atoms with E-state index in [4.69, 9.17) is 4.52 Å². The minimum atomic E-state index is -0.877. The molecule has 0 unspecified atom stereocenters. The van der Waals surface area contributed by atoms with Gasteiger partial charge in [-0.25, -0.2) is 0 Å². The Kier molecular flexibility index (Phi) is 3.63. The molecule has 23 heavy (non-hydrogen) atoms. The number of aliphatic carboxylic acids is 1. The normalized spacial score (nSPS) is 20.7. The summed E-state index contributed by atoms with van der Waals surface area (Å²) >= 11 is 0. The first-order valence-electron chi connectivity index (χ1n) is 7.32. The zero-order chi connectivity index (χ0) is 16.6. The molecule has 1 aliphatic heterocycles. The molecule has 0 radical (unpaired) electrons. The topological polar surface area (TPSA) is 96.5 Å². The fourth-order valence-electron chi connectivity index (χ4n) is 2.70. The molecule has 2 aromatic rings. The average Bonchev–Trinajstić information content (AvgIpc) is 3.14. The van der Waals surface area contributed by atoms with Gasteiger partial charge in [-0.15, -0.1) is 0 Å². The van der Waals surface area contributed by atoms with Crippen LogP contribution in [0.1, 0.15) is 29.6 Å². The van der Waals surface area contributed by atoms with Gasteiger partial charge in [0.25, 0.3) is 5.91 Å². The SMILES string of the molecule is Cc1nc(-c2cccc(C(=O)N3CC[C@@](C)(C(=O)O)C3)c2)no1. The lowest BCUT2D eigenvalue weighted by Gasteiger charge is -2.20. The van der Waals surface area contributed by atoms with Gasteiger partial charge in [-0.3, -0.25) is 9.59 Å². The number of likely N-dealkylation sites (tertiary alicyclic amines) is 1. The Morgan fingerprint density at radius 1 is 1.39 bits per heavy atom. The highest BCUT2D eigenvalue weighted by molar-refractivity contribution is 5.96. The van der Waals surface area contributed by atoms with Crippen LogP contribution in [0.5, 0.6) is 0 Å². The van der Waals surface area contributed by atoms with Crippen LogP contribution in [-0.2, 0) is 4.79 Å². The second-order valence-electron chi connectivity index (χ2n) is 6.06. The number of aryl methyl sites for hydroxylation is 1. The van der Waals surface area contributed by atoms with Gasteiger partial charge in [0.2, 0.25) is 11.7 Å². The number of hydrogen-bond acceptors (Lipinski definition) is 5. The Morgan fingerprint density at radius 2 is 2.17 bits per heavy atom. The van der Waals surface area contributed by atoms with E-state index in [0.29, 0.717) is 35.8 Å². The third kappa shape index (κ3) is 2.81. The number of carbonyl (C=O) groups excluding carboxylic acids is 1. The van der Waals surface area contributed by atoms with Crippen molar-refractivity contribution in [1.82, 2.24) is 15.0 Å². The molecule has 1 amide bonds. The fraction of sp³-hybridized carbons (Fsp3) is 0.375. The summed E-state index contributed by atoms with van der Waals surface area (Å²) in [6, 6.07) is 6.95. The first kappa shape index (κ1) is 15.2. The van der Waals surface area contributed by atoms with Gasteiger partial charge in [-0.05, 0) is 25.5 Å². The molecule has 1 N–H and O–H groups in total. The molecule has 1 aromatic carbocycles. The maximum atomic E-state index is 12.6. The maximum absolute atomic E-state index is 12.6. The molecule has 1 aromatic heterocycles. The molecule has 7 nitrogen and oxygen atoms in total. The summed E-state index contributed by atoms with van der Waals surface area (Å²) in [7, 11) is 0. The van der Waals surface area contributed by atoms with E-state index >= 15 is 0 Å². The zero-order valence-corrected chi connectivity index (χ0v) is 12.9. The number of hydrogen-bond donors (Lipinski definition) is 1. The van der Waals surface area contributed by atoms with E-state index in [0.717, 1.165) is 0 Å². The molecule has 2 heterocycles. The molecule has 7 heteroatoms. The van der Waals surface area contributed by atoms with Gasteiger partial charge in [-0.2, -0.15) is 4.98 Å². The van der Waals surface area contributed by atoms with Crippen LogP contribution in [0.15, 0.2) is 28.8 Å². The van der Waals surface area contributed by atoms with Crippen molar-refractivity contribution in [1.29, 1.82) is 0 Å². The molecular formula is C16H17N3O4. The van der Waals surface area contributed by atoms with Gasteiger partial charge in [0, 0.05) is 31.1 Å². The number of amides is 1. The first-order chi connectivity index (χ1) is 10.9. The van der Waals surface area contributed by atoms with E-state index in [2.05, 4.69) is 10.1 Å². The van der Waals surface area contributed by atoms with Gasteiger partial charge >= 0.3 is 5.97 Å². The predicted octanol–water partition coefficient (Wildman–Crippen LogP) is 1.98. The maximum Gasteiger partial charge on any atom is 0.311 e. The second kappa shape index (κ2) is 5.49. The Labute approximate surface area is 132 Å².